The lowest BCUT2D eigenvalue weighted by molar-refractivity contribution is -0.142. The number of fused-ring (bicyclic) bond motifs is 1. The fourth-order valence-corrected chi connectivity index (χ4v) is 3.19. The minimum absolute atomic E-state index is 0.171. The van der Waals surface area contributed by atoms with Crippen molar-refractivity contribution in [2.75, 3.05) is 7.11 Å². The number of rotatable bonds is 5. The Balaban J connectivity index is 1.88. The molecule has 0 aliphatic rings. The van der Waals surface area contributed by atoms with Gasteiger partial charge in [0.25, 0.3) is 0 Å². The van der Waals surface area contributed by atoms with Gasteiger partial charge in [-0.25, -0.2) is 4.79 Å². The first kappa shape index (κ1) is 19.1. The maximum Gasteiger partial charge on any atom is 0.418 e. The Morgan fingerprint density at radius 1 is 1.19 bits per heavy atom. The number of hydrogen-bond donors (Lipinski definition) is 1. The molecule has 3 rings (SSSR count). The van der Waals surface area contributed by atoms with Crippen LogP contribution in [-0.2, 0) is 27.3 Å². The van der Waals surface area contributed by atoms with Crippen LogP contribution in [0.15, 0.2) is 59.2 Å². The molecular formula is C20H19BrN2O4. The van der Waals surface area contributed by atoms with E-state index in [1.165, 1.54) is 11.7 Å². The summed E-state index contributed by atoms with van der Waals surface area (Å²) in [6, 6.07) is 14.2. The minimum atomic E-state index is -0.807. The van der Waals surface area contributed by atoms with Crippen molar-refractivity contribution >= 4 is 38.9 Å². The van der Waals surface area contributed by atoms with E-state index in [1.807, 2.05) is 48.5 Å². The molecule has 3 aromatic rings. The molecule has 1 heterocycles. The molecule has 2 N–H and O–H groups in total. The molecule has 27 heavy (non-hydrogen) atoms. The van der Waals surface area contributed by atoms with E-state index in [0.29, 0.717) is 5.52 Å². The molecule has 0 saturated carbocycles. The summed E-state index contributed by atoms with van der Waals surface area (Å²) in [5.74, 6) is -0.500. The van der Waals surface area contributed by atoms with Crippen LogP contribution in [0.25, 0.3) is 10.9 Å². The van der Waals surface area contributed by atoms with Gasteiger partial charge in [-0.3, -0.25) is 9.36 Å². The summed E-state index contributed by atoms with van der Waals surface area (Å²) in [6.07, 6.45) is 1.41. The molecule has 6 nitrogen and oxygen atoms in total. The molecule has 140 valence electrons. The number of halogens is 1. The van der Waals surface area contributed by atoms with Gasteiger partial charge in [-0.15, -0.1) is 0 Å². The number of methoxy groups -OCH3 is 1. The highest BCUT2D eigenvalue weighted by atomic mass is 79.9. The van der Waals surface area contributed by atoms with Gasteiger partial charge >= 0.3 is 12.1 Å². The molecule has 2 aromatic carbocycles. The molecule has 0 aliphatic carbocycles. The Labute approximate surface area is 165 Å². The van der Waals surface area contributed by atoms with Crippen LogP contribution in [0.3, 0.4) is 0 Å². The molecule has 0 fully saturated rings. The third-order valence-corrected chi connectivity index (χ3v) is 4.69. The molecule has 0 amide bonds. The van der Waals surface area contributed by atoms with Crippen molar-refractivity contribution in [3.63, 3.8) is 0 Å². The van der Waals surface area contributed by atoms with Crippen LogP contribution in [0, 0.1) is 0 Å². The lowest BCUT2D eigenvalue weighted by Gasteiger charge is -2.08. The van der Waals surface area contributed by atoms with Crippen LogP contribution in [-0.4, -0.2) is 29.8 Å². The average Bonchev–Trinajstić information content (AvgIpc) is 3.03. The lowest BCUT2D eigenvalue weighted by Crippen LogP contribution is -2.33. The minimum Gasteiger partial charge on any atom is -0.468 e. The van der Waals surface area contributed by atoms with Gasteiger partial charge in [0.15, 0.2) is 0 Å². The van der Waals surface area contributed by atoms with Gasteiger partial charge in [-0.1, -0.05) is 52.3 Å². The predicted octanol–water partition coefficient (Wildman–Crippen LogP) is 3.63. The summed E-state index contributed by atoms with van der Waals surface area (Å²) in [6.45, 7) is 0.171. The Morgan fingerprint density at radius 2 is 1.93 bits per heavy atom. The fraction of sp³-hybridized carbons (Fsp3) is 0.200. The second-order valence-electron chi connectivity index (χ2n) is 6.06. The van der Waals surface area contributed by atoms with Gasteiger partial charge in [0.1, 0.15) is 12.6 Å². The second-order valence-corrected chi connectivity index (χ2v) is 6.98. The van der Waals surface area contributed by atoms with Crippen molar-refractivity contribution < 1.29 is 19.1 Å². The molecule has 0 saturated heterocycles. The van der Waals surface area contributed by atoms with Crippen LogP contribution in [0.5, 0.6) is 0 Å². The number of carbonyl (C=O) groups excluding carboxylic acids is 2. The highest BCUT2D eigenvalue weighted by Gasteiger charge is 2.20. The predicted molar refractivity (Wildman–Crippen MR) is 105 cm³/mol. The fourth-order valence-electron chi connectivity index (χ4n) is 2.84. The first-order valence-electron chi connectivity index (χ1n) is 8.33. The summed E-state index contributed by atoms with van der Waals surface area (Å²) in [4.78, 5) is 24.3. The smallest absolute Gasteiger partial charge is 0.418 e. The van der Waals surface area contributed by atoms with Crippen LogP contribution in [0.2, 0.25) is 0 Å². The highest BCUT2D eigenvalue weighted by molar-refractivity contribution is 9.10. The van der Waals surface area contributed by atoms with Gasteiger partial charge in [-0.2, -0.15) is 0 Å². The Bertz CT molecular complexity index is 969. The standard InChI is InChI=1S/C20H19BrN2O4/c1-26-19(24)17(22)9-14-11-23(18-10-15(21)7-8-16(14)18)20(25)27-12-13-5-3-2-4-6-13/h2-8,10-11,17H,9,12,22H2,1H3. The van der Waals surface area contributed by atoms with Gasteiger partial charge in [0, 0.05) is 22.5 Å². The molecule has 7 heteroatoms. The van der Waals surface area contributed by atoms with Gasteiger partial charge in [-0.05, 0) is 23.3 Å². The molecular weight excluding hydrogens is 412 g/mol. The number of esters is 1. The van der Waals surface area contributed by atoms with Crippen LogP contribution >= 0.6 is 15.9 Å². The molecule has 1 aromatic heterocycles. The Hall–Kier alpha value is -2.64. The van der Waals surface area contributed by atoms with E-state index < -0.39 is 18.1 Å². The van der Waals surface area contributed by atoms with Crippen molar-refractivity contribution in [2.24, 2.45) is 5.73 Å². The van der Waals surface area contributed by atoms with Crippen molar-refractivity contribution in [3.05, 3.63) is 70.3 Å². The molecule has 0 radical (unpaired) electrons. The number of benzene rings is 2. The van der Waals surface area contributed by atoms with Crippen LogP contribution in [0.1, 0.15) is 11.1 Å². The van der Waals surface area contributed by atoms with Crippen LogP contribution < -0.4 is 5.73 Å². The molecule has 1 unspecified atom stereocenters. The topological polar surface area (TPSA) is 83.5 Å². The third kappa shape index (κ3) is 4.37. The van der Waals surface area contributed by atoms with E-state index in [4.69, 9.17) is 10.5 Å². The van der Waals surface area contributed by atoms with Crippen molar-refractivity contribution in [1.29, 1.82) is 0 Å². The van der Waals surface area contributed by atoms with Crippen molar-refractivity contribution in [3.8, 4) is 0 Å². The van der Waals surface area contributed by atoms with Gasteiger partial charge in [0.2, 0.25) is 0 Å². The van der Waals surface area contributed by atoms with E-state index in [2.05, 4.69) is 20.7 Å². The number of nitrogens with zero attached hydrogens (tertiary/aromatic N) is 1. The summed E-state index contributed by atoms with van der Waals surface area (Å²) in [5.41, 5.74) is 8.24. The molecule has 0 aliphatic heterocycles. The van der Waals surface area contributed by atoms with E-state index in [9.17, 15) is 9.59 Å². The SMILES string of the molecule is COC(=O)C(N)Cc1cn(C(=O)OCc2ccccc2)c2cc(Br)ccc12. The monoisotopic (exact) mass is 430 g/mol. The maximum atomic E-state index is 12.6. The van der Waals surface area contributed by atoms with Crippen molar-refractivity contribution in [2.45, 2.75) is 19.1 Å². The molecule has 0 spiro atoms. The maximum absolute atomic E-state index is 12.6. The number of hydrogen-bond acceptors (Lipinski definition) is 5. The summed E-state index contributed by atoms with van der Waals surface area (Å²) in [5, 5.41) is 0.828. The first-order chi connectivity index (χ1) is 13.0. The number of aromatic nitrogens is 1. The zero-order valence-corrected chi connectivity index (χ0v) is 16.3. The Morgan fingerprint density at radius 3 is 2.63 bits per heavy atom. The molecule has 1 atom stereocenters. The summed E-state index contributed by atoms with van der Waals surface area (Å²) < 4.78 is 12.4. The van der Waals surface area contributed by atoms with E-state index in [-0.39, 0.29) is 13.0 Å². The number of carbonyl (C=O) groups is 2. The average molecular weight is 431 g/mol. The van der Waals surface area contributed by atoms with Crippen LogP contribution in [0.4, 0.5) is 4.79 Å². The molecule has 0 bridgehead atoms. The van der Waals surface area contributed by atoms with Gasteiger partial charge in [0.05, 0.1) is 12.6 Å². The first-order valence-corrected chi connectivity index (χ1v) is 9.13. The number of nitrogens with two attached hydrogens (primary N) is 1. The zero-order chi connectivity index (χ0) is 19.4. The Kier molecular flexibility index (Phi) is 5.93. The van der Waals surface area contributed by atoms with E-state index in [1.54, 1.807) is 6.20 Å². The lowest BCUT2D eigenvalue weighted by atomic mass is 10.1. The van der Waals surface area contributed by atoms with E-state index >= 15 is 0 Å². The quantitative estimate of drug-likeness (QED) is 0.624. The number of ether oxygens (including phenoxy) is 2. The summed E-state index contributed by atoms with van der Waals surface area (Å²) >= 11 is 3.42. The normalized spacial score (nSPS) is 12.0. The third-order valence-electron chi connectivity index (χ3n) is 4.20. The van der Waals surface area contributed by atoms with Gasteiger partial charge < -0.3 is 15.2 Å². The van der Waals surface area contributed by atoms with Crippen molar-refractivity contribution in [1.82, 2.24) is 4.57 Å². The highest BCUT2D eigenvalue weighted by Crippen LogP contribution is 2.26. The summed E-state index contributed by atoms with van der Waals surface area (Å²) in [7, 11) is 1.30. The zero-order valence-electron chi connectivity index (χ0n) is 14.7. The van der Waals surface area contributed by atoms with E-state index in [0.717, 1.165) is 21.0 Å². The second kappa shape index (κ2) is 8.37. The largest absolute Gasteiger partial charge is 0.468 e.